The Balaban J connectivity index is 2.22. The highest BCUT2D eigenvalue weighted by molar-refractivity contribution is 5.84. The average Bonchev–Trinajstić information content (AvgIpc) is 3.00. The fraction of sp³-hybridized carbons (Fsp3) is 0.467. The first-order valence-electron chi connectivity index (χ1n) is 6.87. The normalized spacial score (nSPS) is 23.0. The van der Waals surface area contributed by atoms with Crippen molar-refractivity contribution in [3.05, 3.63) is 35.9 Å². The fourth-order valence-electron chi connectivity index (χ4n) is 2.46. The maximum absolute atomic E-state index is 11.8. The topological polar surface area (TPSA) is 85.3 Å². The van der Waals surface area contributed by atoms with Crippen LogP contribution in [-0.4, -0.2) is 55.6 Å². The van der Waals surface area contributed by atoms with E-state index < -0.39 is 30.0 Å². The first-order valence-corrected chi connectivity index (χ1v) is 6.87. The number of aliphatic hydroxyl groups excluding tert-OH is 1. The molecule has 0 aromatic heterocycles. The van der Waals surface area contributed by atoms with Crippen LogP contribution in [0.25, 0.3) is 0 Å². The Kier molecular flexibility index (Phi) is 5.48. The Morgan fingerprint density at radius 1 is 1.27 bits per heavy atom. The number of rotatable bonds is 5. The zero-order valence-electron chi connectivity index (χ0n) is 12.5. The molecular weight excluding hydrogens is 290 g/mol. The largest absolute Gasteiger partial charge is 0.469 e. The highest BCUT2D eigenvalue weighted by atomic mass is 16.7. The summed E-state index contributed by atoms with van der Waals surface area (Å²) in [6.07, 6.45) is -1.07. The molecule has 0 radical (unpaired) electrons. The Morgan fingerprint density at radius 2 is 1.91 bits per heavy atom. The highest BCUT2D eigenvalue weighted by Crippen LogP contribution is 2.31. The number of hydrogen-bond acceptors (Lipinski definition) is 7. The minimum Gasteiger partial charge on any atom is -0.469 e. The lowest BCUT2D eigenvalue weighted by Crippen LogP contribution is -2.34. The van der Waals surface area contributed by atoms with E-state index in [-0.39, 0.29) is 13.2 Å². The number of esters is 2. The number of methoxy groups -OCH3 is 2. The van der Waals surface area contributed by atoms with Gasteiger partial charge in [0.25, 0.3) is 0 Å². The molecule has 1 aromatic rings. The molecule has 1 N–H and O–H groups in total. The van der Waals surface area contributed by atoms with Crippen LogP contribution >= 0.6 is 0 Å². The van der Waals surface area contributed by atoms with E-state index >= 15 is 0 Å². The molecule has 2 rings (SSSR count). The molecule has 0 amide bonds. The fourth-order valence-corrected chi connectivity index (χ4v) is 2.46. The monoisotopic (exact) mass is 309 g/mol. The molecule has 0 spiro atoms. The molecule has 0 unspecified atom stereocenters. The third-order valence-electron chi connectivity index (χ3n) is 3.63. The average molecular weight is 309 g/mol. The van der Waals surface area contributed by atoms with Crippen LogP contribution in [0.15, 0.2) is 30.3 Å². The molecule has 3 atom stereocenters. The van der Waals surface area contributed by atoms with Gasteiger partial charge in [-0.25, -0.2) is 4.79 Å². The van der Waals surface area contributed by atoms with Gasteiger partial charge in [0.15, 0.2) is 6.10 Å². The summed E-state index contributed by atoms with van der Waals surface area (Å²) in [6, 6.07) is 8.72. The summed E-state index contributed by atoms with van der Waals surface area (Å²) in [6.45, 7) is -0.0850. The highest BCUT2D eigenvalue weighted by Gasteiger charge is 2.47. The minimum atomic E-state index is -1.07. The van der Waals surface area contributed by atoms with Gasteiger partial charge in [0.05, 0.1) is 26.9 Å². The lowest BCUT2D eigenvalue weighted by atomic mass is 10.0. The maximum Gasteiger partial charge on any atom is 0.338 e. The van der Waals surface area contributed by atoms with Gasteiger partial charge in [0.2, 0.25) is 0 Å². The number of ether oxygens (including phenoxy) is 2. The molecule has 7 heteroatoms. The lowest BCUT2D eigenvalue weighted by Gasteiger charge is -2.25. The summed E-state index contributed by atoms with van der Waals surface area (Å²) < 4.78 is 9.38. The van der Waals surface area contributed by atoms with E-state index in [2.05, 4.69) is 4.74 Å². The first-order chi connectivity index (χ1) is 10.6. The molecule has 0 bridgehead atoms. The molecule has 1 fully saturated rings. The summed E-state index contributed by atoms with van der Waals surface area (Å²) in [5, 5.41) is 11.1. The van der Waals surface area contributed by atoms with Crippen LogP contribution in [0.1, 0.15) is 11.6 Å². The Labute approximate surface area is 128 Å². The number of hydroxylamine groups is 2. The molecule has 22 heavy (non-hydrogen) atoms. The number of hydrogen-bond donors (Lipinski definition) is 1. The van der Waals surface area contributed by atoms with E-state index in [9.17, 15) is 14.7 Å². The SMILES string of the molecule is COC(=O)[C@H]1ON([C@@H](CO)c2ccccc2)C[C@H]1C(=O)OC. The Hall–Kier alpha value is -1.96. The molecule has 1 saturated heterocycles. The third kappa shape index (κ3) is 3.27. The van der Waals surface area contributed by atoms with E-state index in [1.54, 1.807) is 0 Å². The van der Waals surface area contributed by atoms with Crippen LogP contribution in [0.2, 0.25) is 0 Å². The van der Waals surface area contributed by atoms with Crippen molar-refractivity contribution in [1.29, 1.82) is 0 Å². The van der Waals surface area contributed by atoms with Crippen molar-refractivity contribution in [2.75, 3.05) is 27.4 Å². The number of nitrogens with zero attached hydrogens (tertiary/aromatic N) is 1. The van der Waals surface area contributed by atoms with Crippen LogP contribution in [0.5, 0.6) is 0 Å². The quantitative estimate of drug-likeness (QED) is 0.783. The molecule has 0 saturated carbocycles. The zero-order chi connectivity index (χ0) is 16.1. The summed E-state index contributed by atoms with van der Waals surface area (Å²) in [7, 11) is 2.48. The first kappa shape index (κ1) is 16.4. The summed E-state index contributed by atoms with van der Waals surface area (Å²) >= 11 is 0. The van der Waals surface area contributed by atoms with Crippen LogP contribution in [0.4, 0.5) is 0 Å². The number of carbonyl (C=O) groups excluding carboxylic acids is 2. The standard InChI is InChI=1S/C15H19NO6/c1-20-14(18)11-8-16(22-13(11)15(19)21-2)12(9-17)10-6-4-3-5-7-10/h3-7,11-13,17H,8-9H2,1-2H3/t11-,12+,13+/m1/s1. The van der Waals surface area contributed by atoms with Crippen molar-refractivity contribution in [2.45, 2.75) is 12.1 Å². The third-order valence-corrected chi connectivity index (χ3v) is 3.63. The molecule has 7 nitrogen and oxygen atoms in total. The molecule has 1 heterocycles. The lowest BCUT2D eigenvalue weighted by molar-refractivity contribution is -0.200. The van der Waals surface area contributed by atoms with Crippen molar-refractivity contribution in [2.24, 2.45) is 5.92 Å². The number of aliphatic hydroxyl groups is 1. The summed E-state index contributed by atoms with van der Waals surface area (Å²) in [4.78, 5) is 29.2. The second-order valence-corrected chi connectivity index (χ2v) is 4.89. The Bertz CT molecular complexity index is 496. The van der Waals surface area contributed by atoms with E-state index in [1.165, 1.54) is 19.3 Å². The van der Waals surface area contributed by atoms with Gasteiger partial charge in [-0.2, -0.15) is 5.06 Å². The van der Waals surface area contributed by atoms with Gasteiger partial charge in [-0.15, -0.1) is 0 Å². The van der Waals surface area contributed by atoms with Crippen molar-refractivity contribution in [3.8, 4) is 0 Å². The van der Waals surface area contributed by atoms with E-state index in [1.807, 2.05) is 30.3 Å². The summed E-state index contributed by atoms with van der Waals surface area (Å²) in [5.41, 5.74) is 0.819. The second-order valence-electron chi connectivity index (χ2n) is 4.89. The van der Waals surface area contributed by atoms with Crippen LogP contribution in [0, 0.1) is 5.92 Å². The minimum absolute atomic E-state index is 0.132. The van der Waals surface area contributed by atoms with Gasteiger partial charge in [-0.3, -0.25) is 9.63 Å². The predicted octanol–water partition coefficient (Wildman–Crippen LogP) is 0.298. The molecule has 0 aliphatic carbocycles. The smallest absolute Gasteiger partial charge is 0.338 e. The van der Waals surface area contributed by atoms with E-state index in [4.69, 9.17) is 9.57 Å². The van der Waals surface area contributed by atoms with Gasteiger partial charge in [-0.1, -0.05) is 30.3 Å². The van der Waals surface area contributed by atoms with Gasteiger partial charge in [0, 0.05) is 6.54 Å². The predicted molar refractivity (Wildman–Crippen MR) is 75.4 cm³/mol. The van der Waals surface area contributed by atoms with Crippen LogP contribution in [0.3, 0.4) is 0 Å². The van der Waals surface area contributed by atoms with Crippen LogP contribution in [-0.2, 0) is 23.9 Å². The molecule has 1 aliphatic rings. The van der Waals surface area contributed by atoms with Crippen molar-refractivity contribution < 1.29 is 29.0 Å². The van der Waals surface area contributed by atoms with Gasteiger partial charge in [0.1, 0.15) is 5.92 Å². The molecule has 120 valence electrons. The van der Waals surface area contributed by atoms with E-state index in [0.717, 1.165) is 5.56 Å². The summed E-state index contributed by atoms with van der Waals surface area (Å²) in [5.74, 6) is -2.00. The van der Waals surface area contributed by atoms with E-state index in [0.29, 0.717) is 0 Å². The van der Waals surface area contributed by atoms with Crippen molar-refractivity contribution in [1.82, 2.24) is 5.06 Å². The number of benzene rings is 1. The van der Waals surface area contributed by atoms with Gasteiger partial charge < -0.3 is 14.6 Å². The zero-order valence-corrected chi connectivity index (χ0v) is 12.5. The van der Waals surface area contributed by atoms with Crippen molar-refractivity contribution >= 4 is 11.9 Å². The Morgan fingerprint density at radius 3 is 2.45 bits per heavy atom. The molecular formula is C15H19NO6. The van der Waals surface area contributed by atoms with Gasteiger partial charge in [-0.05, 0) is 5.56 Å². The maximum atomic E-state index is 11.8. The van der Waals surface area contributed by atoms with Gasteiger partial charge >= 0.3 is 11.9 Å². The molecule has 1 aliphatic heterocycles. The van der Waals surface area contributed by atoms with Crippen LogP contribution < -0.4 is 0 Å². The number of carbonyl (C=O) groups is 2. The molecule has 1 aromatic carbocycles. The second kappa shape index (κ2) is 7.35. The van der Waals surface area contributed by atoms with Crippen molar-refractivity contribution in [3.63, 3.8) is 0 Å².